The number of rotatable bonds is 5. The standard InChI is InChI=1S/C16H18N2O3S2/c19-14(17-11-4-1-2-5-11)7-8-18-15(20)13(23-16(18)22)10-12-6-3-9-21-12/h3,6,9-11H,1-2,4-5,7-8H2,(H,17,19)/b13-10+. The Hall–Kier alpha value is -1.60. The number of nitrogens with zero attached hydrogens (tertiary/aromatic N) is 1. The summed E-state index contributed by atoms with van der Waals surface area (Å²) in [5.41, 5.74) is 0. The minimum atomic E-state index is -0.162. The van der Waals surface area contributed by atoms with E-state index in [1.54, 1.807) is 24.5 Å². The van der Waals surface area contributed by atoms with E-state index in [0.29, 0.717) is 27.6 Å². The third-order valence-corrected chi connectivity index (χ3v) is 5.35. The van der Waals surface area contributed by atoms with E-state index >= 15 is 0 Å². The predicted octanol–water partition coefficient (Wildman–Crippen LogP) is 2.93. The molecule has 2 heterocycles. The Balaban J connectivity index is 1.54. The largest absolute Gasteiger partial charge is 0.465 e. The number of thiocarbonyl (C=S) groups is 1. The topological polar surface area (TPSA) is 62.6 Å². The highest BCUT2D eigenvalue weighted by Crippen LogP contribution is 2.32. The summed E-state index contributed by atoms with van der Waals surface area (Å²) in [6, 6.07) is 3.84. The molecule has 0 spiro atoms. The Bertz CT molecular complexity index is 634. The SMILES string of the molecule is O=C(CCN1C(=O)/C(=C\c2ccco2)SC1=S)NC1CCCC1. The van der Waals surface area contributed by atoms with E-state index < -0.39 is 0 Å². The minimum absolute atomic E-state index is 0.0130. The van der Waals surface area contributed by atoms with Crippen LogP contribution in [0.2, 0.25) is 0 Å². The van der Waals surface area contributed by atoms with Gasteiger partial charge in [-0.3, -0.25) is 14.5 Å². The van der Waals surface area contributed by atoms with Crippen molar-refractivity contribution < 1.29 is 14.0 Å². The van der Waals surface area contributed by atoms with Gasteiger partial charge in [-0.1, -0.05) is 36.8 Å². The molecule has 3 rings (SSSR count). The number of hydrogen-bond acceptors (Lipinski definition) is 5. The van der Waals surface area contributed by atoms with Crippen LogP contribution in [0.4, 0.5) is 0 Å². The van der Waals surface area contributed by atoms with Crippen molar-refractivity contribution in [1.82, 2.24) is 10.2 Å². The number of thioether (sulfide) groups is 1. The van der Waals surface area contributed by atoms with Crippen molar-refractivity contribution in [2.75, 3.05) is 6.54 Å². The number of carbonyl (C=O) groups excluding carboxylic acids is 2. The first-order valence-electron chi connectivity index (χ1n) is 7.72. The van der Waals surface area contributed by atoms with Crippen LogP contribution in [0.1, 0.15) is 37.9 Å². The fourth-order valence-corrected chi connectivity index (χ4v) is 4.07. The second kappa shape index (κ2) is 7.31. The van der Waals surface area contributed by atoms with Crippen LogP contribution < -0.4 is 5.32 Å². The first kappa shape index (κ1) is 16.3. The number of carbonyl (C=O) groups is 2. The summed E-state index contributed by atoms with van der Waals surface area (Å²) < 4.78 is 5.71. The molecule has 1 aliphatic heterocycles. The van der Waals surface area contributed by atoms with Crippen LogP contribution in [0.5, 0.6) is 0 Å². The Morgan fingerprint density at radius 1 is 1.48 bits per heavy atom. The summed E-state index contributed by atoms with van der Waals surface area (Å²) in [5, 5.41) is 3.02. The quantitative estimate of drug-likeness (QED) is 0.653. The second-order valence-electron chi connectivity index (χ2n) is 5.65. The van der Waals surface area contributed by atoms with Gasteiger partial charge in [0, 0.05) is 25.1 Å². The van der Waals surface area contributed by atoms with Gasteiger partial charge in [0.15, 0.2) is 0 Å². The Morgan fingerprint density at radius 2 is 2.26 bits per heavy atom. The van der Waals surface area contributed by atoms with Crippen molar-refractivity contribution in [3.05, 3.63) is 29.1 Å². The molecule has 1 aliphatic carbocycles. The van der Waals surface area contributed by atoms with Crippen molar-refractivity contribution in [3.63, 3.8) is 0 Å². The molecule has 23 heavy (non-hydrogen) atoms. The van der Waals surface area contributed by atoms with Gasteiger partial charge >= 0.3 is 0 Å². The number of hydrogen-bond donors (Lipinski definition) is 1. The molecule has 2 aliphatic rings. The molecule has 0 bridgehead atoms. The average Bonchev–Trinajstić information content (AvgIpc) is 3.23. The normalized spacial score (nSPS) is 20.7. The van der Waals surface area contributed by atoms with Crippen LogP contribution >= 0.6 is 24.0 Å². The Kier molecular flexibility index (Phi) is 5.17. The molecule has 0 atom stereocenters. The van der Waals surface area contributed by atoms with Crippen LogP contribution in [0.15, 0.2) is 27.7 Å². The zero-order valence-electron chi connectivity index (χ0n) is 12.6. The van der Waals surface area contributed by atoms with E-state index in [9.17, 15) is 9.59 Å². The molecule has 0 radical (unpaired) electrons. The van der Waals surface area contributed by atoms with Crippen molar-refractivity contribution in [1.29, 1.82) is 0 Å². The number of amides is 2. The molecule has 2 amide bonds. The van der Waals surface area contributed by atoms with E-state index in [0.717, 1.165) is 12.8 Å². The molecule has 1 saturated heterocycles. The Labute approximate surface area is 144 Å². The summed E-state index contributed by atoms with van der Waals surface area (Å²) in [5.74, 6) is 0.440. The summed E-state index contributed by atoms with van der Waals surface area (Å²) >= 11 is 6.49. The van der Waals surface area contributed by atoms with E-state index in [1.165, 1.54) is 29.5 Å². The van der Waals surface area contributed by atoms with Gasteiger partial charge in [0.1, 0.15) is 10.1 Å². The van der Waals surface area contributed by atoms with E-state index in [4.69, 9.17) is 16.6 Å². The zero-order valence-corrected chi connectivity index (χ0v) is 14.3. The van der Waals surface area contributed by atoms with Gasteiger partial charge in [-0.15, -0.1) is 0 Å². The highest BCUT2D eigenvalue weighted by Gasteiger charge is 2.32. The van der Waals surface area contributed by atoms with Crippen LogP contribution in [0.25, 0.3) is 6.08 Å². The van der Waals surface area contributed by atoms with Gasteiger partial charge in [0.25, 0.3) is 5.91 Å². The molecule has 5 nitrogen and oxygen atoms in total. The molecule has 122 valence electrons. The number of furan rings is 1. The highest BCUT2D eigenvalue weighted by molar-refractivity contribution is 8.26. The van der Waals surface area contributed by atoms with Crippen molar-refractivity contribution >= 4 is 46.2 Å². The molecule has 1 saturated carbocycles. The Morgan fingerprint density at radius 3 is 2.96 bits per heavy atom. The maximum absolute atomic E-state index is 12.4. The summed E-state index contributed by atoms with van der Waals surface area (Å²) in [6.07, 6.45) is 7.97. The lowest BCUT2D eigenvalue weighted by molar-refractivity contribution is -0.124. The van der Waals surface area contributed by atoms with Gasteiger partial charge in [-0.25, -0.2) is 0 Å². The van der Waals surface area contributed by atoms with Crippen molar-refractivity contribution in [2.45, 2.75) is 38.1 Å². The predicted molar refractivity (Wildman–Crippen MR) is 93.6 cm³/mol. The third-order valence-electron chi connectivity index (χ3n) is 3.97. The van der Waals surface area contributed by atoms with E-state index in [-0.39, 0.29) is 18.2 Å². The lowest BCUT2D eigenvalue weighted by Gasteiger charge is -2.16. The van der Waals surface area contributed by atoms with Gasteiger partial charge in [0.05, 0.1) is 11.2 Å². The third kappa shape index (κ3) is 4.03. The van der Waals surface area contributed by atoms with E-state index in [1.807, 2.05) is 0 Å². The number of nitrogens with one attached hydrogen (secondary N) is 1. The average molecular weight is 350 g/mol. The lowest BCUT2D eigenvalue weighted by atomic mass is 10.2. The maximum Gasteiger partial charge on any atom is 0.266 e. The van der Waals surface area contributed by atoms with Crippen LogP contribution in [0.3, 0.4) is 0 Å². The monoisotopic (exact) mass is 350 g/mol. The lowest BCUT2D eigenvalue weighted by Crippen LogP contribution is -2.37. The highest BCUT2D eigenvalue weighted by atomic mass is 32.2. The second-order valence-corrected chi connectivity index (χ2v) is 7.32. The molecule has 2 fully saturated rings. The molecule has 1 aromatic heterocycles. The zero-order chi connectivity index (χ0) is 16.2. The first-order chi connectivity index (χ1) is 11.1. The van der Waals surface area contributed by atoms with Gasteiger partial charge in [-0.2, -0.15) is 0 Å². The molecule has 0 aromatic carbocycles. The molecule has 7 heteroatoms. The summed E-state index contributed by atoms with van der Waals surface area (Å²) in [7, 11) is 0. The summed E-state index contributed by atoms with van der Waals surface area (Å²) in [4.78, 5) is 26.4. The van der Waals surface area contributed by atoms with E-state index in [2.05, 4.69) is 5.32 Å². The van der Waals surface area contributed by atoms with Gasteiger partial charge in [0.2, 0.25) is 5.91 Å². The molecule has 0 unspecified atom stereocenters. The first-order valence-corrected chi connectivity index (χ1v) is 8.94. The molecular weight excluding hydrogens is 332 g/mol. The van der Waals surface area contributed by atoms with Crippen LogP contribution in [0, 0.1) is 0 Å². The fourth-order valence-electron chi connectivity index (χ4n) is 2.78. The van der Waals surface area contributed by atoms with Gasteiger partial charge in [-0.05, 0) is 25.0 Å². The molecular formula is C16H18N2O3S2. The molecule has 1 N–H and O–H groups in total. The smallest absolute Gasteiger partial charge is 0.266 e. The van der Waals surface area contributed by atoms with Crippen molar-refractivity contribution in [3.8, 4) is 0 Å². The van der Waals surface area contributed by atoms with Crippen LogP contribution in [-0.2, 0) is 9.59 Å². The molecule has 1 aromatic rings. The van der Waals surface area contributed by atoms with Gasteiger partial charge < -0.3 is 9.73 Å². The van der Waals surface area contributed by atoms with Crippen LogP contribution in [-0.4, -0.2) is 33.6 Å². The minimum Gasteiger partial charge on any atom is -0.465 e. The summed E-state index contributed by atoms with van der Waals surface area (Å²) in [6.45, 7) is 0.318. The fraction of sp³-hybridized carbons (Fsp3) is 0.438. The van der Waals surface area contributed by atoms with Crippen molar-refractivity contribution in [2.24, 2.45) is 0 Å². The maximum atomic E-state index is 12.4.